The summed E-state index contributed by atoms with van der Waals surface area (Å²) in [6, 6.07) is 12.7. The lowest BCUT2D eigenvalue weighted by atomic mass is 10.1. The molecule has 1 N–H and O–H groups in total. The third-order valence-electron chi connectivity index (χ3n) is 2.27. The SMILES string of the molecule is COc1ccc(C(O)c2ccccc2)nn1. The molecule has 0 aliphatic carbocycles. The Bertz CT molecular complexity index is 442. The van der Waals surface area contributed by atoms with Gasteiger partial charge in [-0.15, -0.1) is 10.2 Å². The van der Waals surface area contributed by atoms with Crippen molar-refractivity contribution in [1.82, 2.24) is 10.2 Å². The van der Waals surface area contributed by atoms with E-state index in [-0.39, 0.29) is 0 Å². The molecule has 16 heavy (non-hydrogen) atoms. The van der Waals surface area contributed by atoms with Crippen molar-refractivity contribution in [3.05, 3.63) is 53.7 Å². The molecule has 2 rings (SSSR count). The van der Waals surface area contributed by atoms with Gasteiger partial charge in [0.15, 0.2) is 0 Å². The van der Waals surface area contributed by atoms with Gasteiger partial charge >= 0.3 is 0 Å². The van der Waals surface area contributed by atoms with Crippen LogP contribution in [0.4, 0.5) is 0 Å². The quantitative estimate of drug-likeness (QED) is 0.846. The Hall–Kier alpha value is -1.94. The number of methoxy groups -OCH3 is 1. The van der Waals surface area contributed by atoms with Crippen LogP contribution in [0.3, 0.4) is 0 Å². The van der Waals surface area contributed by atoms with Gasteiger partial charge in [-0.25, -0.2) is 0 Å². The molecule has 1 aromatic heterocycles. The Morgan fingerprint density at radius 3 is 2.38 bits per heavy atom. The number of aliphatic hydroxyl groups excluding tert-OH is 1. The zero-order valence-electron chi connectivity index (χ0n) is 8.87. The molecule has 0 aliphatic rings. The third-order valence-corrected chi connectivity index (χ3v) is 2.27. The number of benzene rings is 1. The Kier molecular flexibility index (Phi) is 3.12. The van der Waals surface area contributed by atoms with Crippen molar-refractivity contribution in [3.8, 4) is 5.88 Å². The lowest BCUT2D eigenvalue weighted by Crippen LogP contribution is -2.03. The van der Waals surface area contributed by atoms with Crippen molar-refractivity contribution >= 4 is 0 Å². The van der Waals surface area contributed by atoms with Crippen molar-refractivity contribution in [2.24, 2.45) is 0 Å². The van der Waals surface area contributed by atoms with Gasteiger partial charge in [0.05, 0.1) is 12.8 Å². The second-order valence-electron chi connectivity index (χ2n) is 3.31. The minimum absolute atomic E-state index is 0.434. The number of rotatable bonds is 3. The van der Waals surface area contributed by atoms with Crippen molar-refractivity contribution in [2.75, 3.05) is 7.11 Å². The van der Waals surface area contributed by atoms with Crippen LogP contribution in [0, 0.1) is 0 Å². The Morgan fingerprint density at radius 1 is 1.06 bits per heavy atom. The predicted molar refractivity (Wildman–Crippen MR) is 59.1 cm³/mol. The highest BCUT2D eigenvalue weighted by Gasteiger charge is 2.11. The maximum absolute atomic E-state index is 10.0. The minimum Gasteiger partial charge on any atom is -0.480 e. The number of aliphatic hydroxyl groups is 1. The van der Waals surface area contributed by atoms with Crippen LogP contribution in [-0.2, 0) is 0 Å². The average Bonchev–Trinajstić information content (AvgIpc) is 2.39. The van der Waals surface area contributed by atoms with Crippen molar-refractivity contribution < 1.29 is 9.84 Å². The van der Waals surface area contributed by atoms with E-state index in [9.17, 15) is 5.11 Å². The van der Waals surface area contributed by atoms with Crippen LogP contribution in [0.15, 0.2) is 42.5 Å². The molecule has 0 fully saturated rings. The molecular formula is C12H12N2O2. The van der Waals surface area contributed by atoms with Gasteiger partial charge < -0.3 is 9.84 Å². The zero-order chi connectivity index (χ0) is 11.4. The molecule has 1 unspecified atom stereocenters. The van der Waals surface area contributed by atoms with Crippen molar-refractivity contribution in [2.45, 2.75) is 6.10 Å². The normalized spacial score (nSPS) is 12.1. The van der Waals surface area contributed by atoms with E-state index < -0.39 is 6.10 Å². The highest BCUT2D eigenvalue weighted by Crippen LogP contribution is 2.19. The van der Waals surface area contributed by atoms with E-state index in [0.717, 1.165) is 5.56 Å². The largest absolute Gasteiger partial charge is 0.480 e. The highest BCUT2D eigenvalue weighted by atomic mass is 16.5. The van der Waals surface area contributed by atoms with E-state index in [1.54, 1.807) is 12.1 Å². The summed E-state index contributed by atoms with van der Waals surface area (Å²) < 4.78 is 4.90. The fraction of sp³-hybridized carbons (Fsp3) is 0.167. The van der Waals surface area contributed by atoms with E-state index >= 15 is 0 Å². The van der Waals surface area contributed by atoms with Crippen LogP contribution < -0.4 is 4.74 Å². The van der Waals surface area contributed by atoms with E-state index in [1.165, 1.54) is 7.11 Å². The monoisotopic (exact) mass is 216 g/mol. The molecule has 0 bridgehead atoms. The molecule has 0 spiro atoms. The number of hydrogen-bond donors (Lipinski definition) is 1. The summed E-state index contributed by atoms with van der Waals surface area (Å²) in [4.78, 5) is 0. The zero-order valence-corrected chi connectivity index (χ0v) is 8.87. The average molecular weight is 216 g/mol. The predicted octanol–water partition coefficient (Wildman–Crippen LogP) is 1.57. The van der Waals surface area contributed by atoms with Crippen LogP contribution in [0.1, 0.15) is 17.4 Å². The van der Waals surface area contributed by atoms with Gasteiger partial charge in [-0.1, -0.05) is 30.3 Å². The Morgan fingerprint density at radius 2 is 1.81 bits per heavy atom. The molecule has 0 aliphatic heterocycles. The maximum atomic E-state index is 10.0. The van der Waals surface area contributed by atoms with Crippen molar-refractivity contribution in [3.63, 3.8) is 0 Å². The standard InChI is InChI=1S/C12H12N2O2/c1-16-11-8-7-10(13-14-11)12(15)9-5-3-2-4-6-9/h2-8,12,15H,1H3. The minimum atomic E-state index is -0.750. The molecule has 1 heterocycles. The number of hydrogen-bond acceptors (Lipinski definition) is 4. The van der Waals surface area contributed by atoms with Crippen LogP contribution in [-0.4, -0.2) is 22.4 Å². The molecule has 0 radical (unpaired) electrons. The molecule has 1 aromatic carbocycles. The first-order valence-corrected chi connectivity index (χ1v) is 4.92. The van der Waals surface area contributed by atoms with Gasteiger partial charge in [0.2, 0.25) is 5.88 Å². The lowest BCUT2D eigenvalue weighted by molar-refractivity contribution is 0.213. The Labute approximate surface area is 93.5 Å². The van der Waals surface area contributed by atoms with Gasteiger partial charge in [-0.3, -0.25) is 0 Å². The molecule has 4 nitrogen and oxygen atoms in total. The van der Waals surface area contributed by atoms with E-state index in [4.69, 9.17) is 4.74 Å². The highest BCUT2D eigenvalue weighted by molar-refractivity contribution is 5.25. The molecule has 0 saturated heterocycles. The summed E-state index contributed by atoms with van der Waals surface area (Å²) in [6.45, 7) is 0. The maximum Gasteiger partial charge on any atom is 0.233 e. The number of aromatic nitrogens is 2. The van der Waals surface area contributed by atoms with Crippen LogP contribution in [0.2, 0.25) is 0 Å². The fourth-order valence-electron chi connectivity index (χ4n) is 1.39. The van der Waals surface area contributed by atoms with Crippen molar-refractivity contribution in [1.29, 1.82) is 0 Å². The molecule has 0 amide bonds. The Balaban J connectivity index is 2.24. The smallest absolute Gasteiger partial charge is 0.233 e. The summed E-state index contributed by atoms with van der Waals surface area (Å²) in [7, 11) is 1.53. The van der Waals surface area contributed by atoms with Crippen LogP contribution in [0.25, 0.3) is 0 Å². The summed E-state index contributed by atoms with van der Waals surface area (Å²) in [5.41, 5.74) is 1.30. The molecule has 1 atom stereocenters. The first-order chi connectivity index (χ1) is 7.81. The van der Waals surface area contributed by atoms with Gasteiger partial charge in [-0.2, -0.15) is 0 Å². The van der Waals surface area contributed by atoms with E-state index in [0.29, 0.717) is 11.6 Å². The van der Waals surface area contributed by atoms with Gasteiger partial charge in [0.1, 0.15) is 6.10 Å². The molecule has 2 aromatic rings. The molecular weight excluding hydrogens is 204 g/mol. The summed E-state index contributed by atoms with van der Waals surface area (Å²) in [5, 5.41) is 17.7. The summed E-state index contributed by atoms with van der Waals surface area (Å²) in [5.74, 6) is 0.434. The van der Waals surface area contributed by atoms with Gasteiger partial charge in [-0.05, 0) is 11.6 Å². The molecule has 4 heteroatoms. The second-order valence-corrected chi connectivity index (χ2v) is 3.31. The van der Waals surface area contributed by atoms with Crippen LogP contribution in [0.5, 0.6) is 5.88 Å². The number of nitrogens with zero attached hydrogens (tertiary/aromatic N) is 2. The van der Waals surface area contributed by atoms with Crippen LogP contribution >= 0.6 is 0 Å². The van der Waals surface area contributed by atoms with E-state index in [2.05, 4.69) is 10.2 Å². The summed E-state index contributed by atoms with van der Waals surface area (Å²) in [6.07, 6.45) is -0.750. The number of ether oxygens (including phenoxy) is 1. The van der Waals surface area contributed by atoms with Gasteiger partial charge in [0, 0.05) is 6.07 Å². The van der Waals surface area contributed by atoms with Gasteiger partial charge in [0.25, 0.3) is 0 Å². The first-order valence-electron chi connectivity index (χ1n) is 4.92. The molecule has 82 valence electrons. The fourth-order valence-corrected chi connectivity index (χ4v) is 1.39. The summed E-state index contributed by atoms with van der Waals surface area (Å²) >= 11 is 0. The second kappa shape index (κ2) is 4.72. The third kappa shape index (κ3) is 2.17. The lowest BCUT2D eigenvalue weighted by Gasteiger charge is -2.09. The van der Waals surface area contributed by atoms with E-state index in [1.807, 2.05) is 30.3 Å². The first kappa shape index (κ1) is 10.6. The topological polar surface area (TPSA) is 55.2 Å². The molecule has 0 saturated carbocycles.